The number of Topliss-reactive ketones (excluding diaryl/α,β-unsaturated/α-hetero) is 1. The zero-order chi connectivity index (χ0) is 20.1. The number of hydrogen-bond acceptors (Lipinski definition) is 5. The van der Waals surface area contributed by atoms with Crippen LogP contribution < -0.4 is 4.74 Å². The summed E-state index contributed by atoms with van der Waals surface area (Å²) in [6, 6.07) is 10.9. The molecule has 0 heterocycles. The quantitative estimate of drug-likeness (QED) is 0.422. The summed E-state index contributed by atoms with van der Waals surface area (Å²) in [5, 5.41) is 11.0. The number of benzene rings is 2. The van der Waals surface area contributed by atoms with Gasteiger partial charge in [-0.25, -0.2) is 0 Å². The largest absolute Gasteiger partial charge is 0.496 e. The molecule has 0 aliphatic rings. The maximum atomic E-state index is 12.7. The van der Waals surface area contributed by atoms with Gasteiger partial charge in [0.1, 0.15) is 5.75 Å². The molecule has 0 aliphatic heterocycles. The van der Waals surface area contributed by atoms with E-state index < -0.39 is 4.92 Å². The predicted molar refractivity (Wildman–Crippen MR) is 101 cm³/mol. The molecule has 27 heavy (non-hydrogen) atoms. The van der Waals surface area contributed by atoms with Gasteiger partial charge in [0.15, 0.2) is 5.78 Å². The zero-order valence-electron chi connectivity index (χ0n) is 15.8. The number of hydrogen-bond donors (Lipinski definition) is 0. The van der Waals surface area contributed by atoms with E-state index in [2.05, 4.69) is 0 Å². The van der Waals surface area contributed by atoms with Crippen molar-refractivity contribution >= 4 is 17.4 Å². The van der Waals surface area contributed by atoms with Crippen molar-refractivity contribution in [3.8, 4) is 5.75 Å². The van der Waals surface area contributed by atoms with E-state index in [0.29, 0.717) is 22.4 Å². The van der Waals surface area contributed by atoms with E-state index in [-0.39, 0.29) is 29.8 Å². The molecule has 0 aliphatic carbocycles. The number of nitro groups is 1. The van der Waals surface area contributed by atoms with Gasteiger partial charge in [0, 0.05) is 30.3 Å². The molecule has 1 amide bonds. The number of ether oxygens (including phenoxy) is 1. The molecule has 0 radical (unpaired) electrons. The summed E-state index contributed by atoms with van der Waals surface area (Å²) in [5.74, 6) is 0.252. The van der Waals surface area contributed by atoms with Crippen molar-refractivity contribution in [2.75, 3.05) is 14.2 Å². The van der Waals surface area contributed by atoms with E-state index >= 15 is 0 Å². The summed E-state index contributed by atoms with van der Waals surface area (Å²) in [7, 11) is 3.15. The van der Waals surface area contributed by atoms with Crippen molar-refractivity contribution in [3.63, 3.8) is 0 Å². The van der Waals surface area contributed by atoms with Gasteiger partial charge in [0.2, 0.25) is 5.91 Å². The number of ketones is 1. The zero-order valence-corrected chi connectivity index (χ0v) is 15.8. The number of nitro benzene ring substituents is 1. The molecular formula is C20H22N2O5. The first kappa shape index (κ1) is 20.1. The van der Waals surface area contributed by atoms with Crippen LogP contribution in [0.25, 0.3) is 0 Å². The van der Waals surface area contributed by atoms with Gasteiger partial charge in [-0.1, -0.05) is 12.1 Å². The third kappa shape index (κ3) is 4.69. The molecule has 0 saturated heterocycles. The lowest BCUT2D eigenvalue weighted by molar-refractivity contribution is -0.384. The Morgan fingerprint density at radius 3 is 2.52 bits per heavy atom. The number of non-ortho nitro benzene ring substituents is 1. The van der Waals surface area contributed by atoms with Gasteiger partial charge in [-0.2, -0.15) is 0 Å². The summed E-state index contributed by atoms with van der Waals surface area (Å²) in [5.41, 5.74) is 1.78. The molecule has 1 atom stereocenters. The van der Waals surface area contributed by atoms with Crippen LogP contribution in [0.4, 0.5) is 5.69 Å². The molecule has 0 aromatic heterocycles. The first-order valence-corrected chi connectivity index (χ1v) is 8.42. The number of likely N-dealkylation sites (N-methyl/N-ethyl adjacent to an activating group) is 1. The van der Waals surface area contributed by atoms with Crippen molar-refractivity contribution in [2.45, 2.75) is 26.3 Å². The Labute approximate surface area is 157 Å². The van der Waals surface area contributed by atoms with E-state index in [0.717, 1.165) is 0 Å². The van der Waals surface area contributed by atoms with Gasteiger partial charge < -0.3 is 9.64 Å². The average Bonchev–Trinajstić information content (AvgIpc) is 2.66. The fourth-order valence-corrected chi connectivity index (χ4v) is 2.76. The molecule has 0 N–H and O–H groups in total. The SMILES string of the molecule is COc1ccc(C(C)=O)cc1CC(=O)N(C)C(C)c1cccc([N+](=O)[O-])c1. The summed E-state index contributed by atoms with van der Waals surface area (Å²) in [6.07, 6.45) is 0.0556. The fourth-order valence-electron chi connectivity index (χ4n) is 2.76. The smallest absolute Gasteiger partial charge is 0.269 e. The van der Waals surface area contributed by atoms with Crippen molar-refractivity contribution in [1.82, 2.24) is 4.90 Å². The van der Waals surface area contributed by atoms with Gasteiger partial charge in [-0.15, -0.1) is 0 Å². The second-order valence-electron chi connectivity index (χ2n) is 6.29. The van der Waals surface area contributed by atoms with Crippen LogP contribution in [0.5, 0.6) is 5.75 Å². The Hall–Kier alpha value is -3.22. The molecule has 2 rings (SSSR count). The Bertz CT molecular complexity index is 878. The molecule has 0 fully saturated rings. The molecule has 142 valence electrons. The second-order valence-corrected chi connectivity index (χ2v) is 6.29. The van der Waals surface area contributed by atoms with Gasteiger partial charge in [-0.3, -0.25) is 19.7 Å². The van der Waals surface area contributed by atoms with E-state index in [4.69, 9.17) is 4.74 Å². The maximum Gasteiger partial charge on any atom is 0.269 e. The number of carbonyl (C=O) groups is 2. The highest BCUT2D eigenvalue weighted by Crippen LogP contribution is 2.26. The van der Waals surface area contributed by atoms with Gasteiger partial charge in [0.25, 0.3) is 5.69 Å². The molecule has 0 bridgehead atoms. The monoisotopic (exact) mass is 370 g/mol. The number of rotatable bonds is 7. The highest BCUT2D eigenvalue weighted by molar-refractivity contribution is 5.94. The van der Waals surface area contributed by atoms with E-state index in [1.807, 2.05) is 0 Å². The standard InChI is InChI=1S/C20H22N2O5/c1-13(15-6-5-7-18(11-15)22(25)26)21(3)20(24)12-17-10-16(14(2)23)8-9-19(17)27-4/h5-11,13H,12H2,1-4H3. The number of nitrogens with zero attached hydrogens (tertiary/aromatic N) is 2. The fraction of sp³-hybridized carbons (Fsp3) is 0.300. The van der Waals surface area contributed by atoms with Crippen LogP contribution in [-0.2, 0) is 11.2 Å². The number of methoxy groups -OCH3 is 1. The molecule has 7 nitrogen and oxygen atoms in total. The molecule has 2 aromatic rings. The molecular weight excluding hydrogens is 348 g/mol. The minimum atomic E-state index is -0.462. The Morgan fingerprint density at radius 2 is 1.93 bits per heavy atom. The van der Waals surface area contributed by atoms with Crippen LogP contribution >= 0.6 is 0 Å². The van der Waals surface area contributed by atoms with Crippen LogP contribution in [0, 0.1) is 10.1 Å². The summed E-state index contributed by atoms with van der Waals surface area (Å²) in [6.45, 7) is 3.27. The van der Waals surface area contributed by atoms with E-state index in [1.54, 1.807) is 44.3 Å². The highest BCUT2D eigenvalue weighted by Gasteiger charge is 2.21. The van der Waals surface area contributed by atoms with Crippen molar-refractivity contribution in [1.29, 1.82) is 0 Å². The minimum Gasteiger partial charge on any atom is -0.496 e. The Balaban J connectivity index is 2.22. The highest BCUT2D eigenvalue weighted by atomic mass is 16.6. The van der Waals surface area contributed by atoms with E-state index in [9.17, 15) is 19.7 Å². The summed E-state index contributed by atoms with van der Waals surface area (Å²) >= 11 is 0. The lowest BCUT2D eigenvalue weighted by atomic mass is 10.0. The van der Waals surface area contributed by atoms with Gasteiger partial charge in [0.05, 0.1) is 24.5 Å². The van der Waals surface area contributed by atoms with Crippen LogP contribution in [-0.4, -0.2) is 35.7 Å². The predicted octanol–water partition coefficient (Wildman–Crippen LogP) is 3.57. The Kier molecular flexibility index (Phi) is 6.28. The third-order valence-corrected chi connectivity index (χ3v) is 4.57. The first-order chi connectivity index (χ1) is 12.7. The maximum absolute atomic E-state index is 12.7. The Morgan fingerprint density at radius 1 is 1.22 bits per heavy atom. The first-order valence-electron chi connectivity index (χ1n) is 8.42. The van der Waals surface area contributed by atoms with Gasteiger partial charge in [-0.05, 0) is 37.6 Å². The molecule has 2 aromatic carbocycles. The van der Waals surface area contributed by atoms with Crippen LogP contribution in [0.3, 0.4) is 0 Å². The topological polar surface area (TPSA) is 89.8 Å². The van der Waals surface area contributed by atoms with Gasteiger partial charge >= 0.3 is 0 Å². The molecule has 1 unspecified atom stereocenters. The minimum absolute atomic E-state index is 0.0176. The summed E-state index contributed by atoms with van der Waals surface area (Å²) < 4.78 is 5.29. The lowest BCUT2D eigenvalue weighted by Crippen LogP contribution is -2.31. The molecule has 7 heteroatoms. The third-order valence-electron chi connectivity index (χ3n) is 4.57. The average molecular weight is 370 g/mol. The van der Waals surface area contributed by atoms with Crippen molar-refractivity contribution in [2.24, 2.45) is 0 Å². The van der Waals surface area contributed by atoms with Crippen LogP contribution in [0.1, 0.15) is 41.4 Å². The van der Waals surface area contributed by atoms with Crippen molar-refractivity contribution in [3.05, 3.63) is 69.3 Å². The van der Waals surface area contributed by atoms with Crippen LogP contribution in [0.15, 0.2) is 42.5 Å². The van der Waals surface area contributed by atoms with Crippen molar-refractivity contribution < 1.29 is 19.2 Å². The molecule has 0 spiro atoms. The summed E-state index contributed by atoms with van der Waals surface area (Å²) in [4.78, 5) is 36.4. The molecule has 0 saturated carbocycles. The normalized spacial score (nSPS) is 11.6. The lowest BCUT2D eigenvalue weighted by Gasteiger charge is -2.25. The second kappa shape index (κ2) is 8.44. The van der Waals surface area contributed by atoms with Crippen LogP contribution in [0.2, 0.25) is 0 Å². The van der Waals surface area contributed by atoms with E-state index in [1.165, 1.54) is 31.1 Å². The number of carbonyl (C=O) groups excluding carboxylic acids is 2. The number of amides is 1.